The minimum atomic E-state index is 0.543. The molecule has 0 atom stereocenters. The van der Waals surface area contributed by atoms with E-state index in [2.05, 4.69) is 32.6 Å². The standard InChI is InChI=1S/C13H24N6/c1-10-4-6-11(7-5-10)18-13(14-2)15-8-12-16-9-17-19(12)3/h9-11H,4-8H2,1-3H3,(H2,14,15,18). The Morgan fingerprint density at radius 2 is 2.16 bits per heavy atom. The molecule has 19 heavy (non-hydrogen) atoms. The molecule has 0 saturated heterocycles. The lowest BCUT2D eigenvalue weighted by Gasteiger charge is -2.28. The van der Waals surface area contributed by atoms with E-state index in [1.165, 1.54) is 25.7 Å². The van der Waals surface area contributed by atoms with Crippen LogP contribution in [0.25, 0.3) is 0 Å². The molecule has 0 aromatic carbocycles. The van der Waals surface area contributed by atoms with Gasteiger partial charge < -0.3 is 10.6 Å². The molecule has 1 saturated carbocycles. The van der Waals surface area contributed by atoms with E-state index in [9.17, 15) is 0 Å². The first-order valence-corrected chi connectivity index (χ1v) is 6.99. The first-order valence-electron chi connectivity index (χ1n) is 6.99. The number of guanidine groups is 1. The summed E-state index contributed by atoms with van der Waals surface area (Å²) in [7, 11) is 3.69. The predicted octanol–water partition coefficient (Wildman–Crippen LogP) is 1.06. The van der Waals surface area contributed by atoms with E-state index in [0.717, 1.165) is 17.7 Å². The molecule has 1 aliphatic carbocycles. The molecule has 2 N–H and O–H groups in total. The summed E-state index contributed by atoms with van der Waals surface area (Å²) in [5.41, 5.74) is 0. The molecule has 1 aromatic heterocycles. The Morgan fingerprint density at radius 3 is 2.74 bits per heavy atom. The van der Waals surface area contributed by atoms with Crippen molar-refractivity contribution in [2.24, 2.45) is 18.0 Å². The zero-order valence-corrected chi connectivity index (χ0v) is 12.1. The smallest absolute Gasteiger partial charge is 0.191 e. The maximum absolute atomic E-state index is 4.27. The molecule has 1 fully saturated rings. The summed E-state index contributed by atoms with van der Waals surface area (Å²) >= 11 is 0. The fourth-order valence-corrected chi connectivity index (χ4v) is 2.44. The van der Waals surface area contributed by atoms with Gasteiger partial charge in [-0.2, -0.15) is 5.10 Å². The predicted molar refractivity (Wildman–Crippen MR) is 75.8 cm³/mol. The van der Waals surface area contributed by atoms with Crippen molar-refractivity contribution in [3.05, 3.63) is 12.2 Å². The molecule has 1 aromatic rings. The molecule has 0 radical (unpaired) electrons. The number of hydrogen-bond donors (Lipinski definition) is 2. The van der Waals surface area contributed by atoms with Crippen LogP contribution in [-0.4, -0.2) is 33.8 Å². The van der Waals surface area contributed by atoms with Gasteiger partial charge in [-0.1, -0.05) is 6.92 Å². The third-order valence-electron chi connectivity index (χ3n) is 3.80. The lowest BCUT2D eigenvalue weighted by Crippen LogP contribution is -2.44. The molecule has 0 spiro atoms. The van der Waals surface area contributed by atoms with Crippen LogP contribution in [0.15, 0.2) is 11.3 Å². The van der Waals surface area contributed by atoms with Crippen LogP contribution in [0.2, 0.25) is 0 Å². The van der Waals surface area contributed by atoms with E-state index in [1.54, 1.807) is 18.1 Å². The molecule has 1 aliphatic rings. The highest BCUT2D eigenvalue weighted by atomic mass is 15.3. The van der Waals surface area contributed by atoms with Crippen molar-refractivity contribution in [2.75, 3.05) is 7.05 Å². The van der Waals surface area contributed by atoms with Gasteiger partial charge in [0, 0.05) is 20.1 Å². The van der Waals surface area contributed by atoms with Crippen LogP contribution in [0, 0.1) is 5.92 Å². The molecular weight excluding hydrogens is 240 g/mol. The Hall–Kier alpha value is -1.59. The molecule has 6 nitrogen and oxygen atoms in total. The molecule has 0 bridgehead atoms. The number of aryl methyl sites for hydroxylation is 1. The Labute approximate surface area is 114 Å². The summed E-state index contributed by atoms with van der Waals surface area (Å²) in [4.78, 5) is 8.45. The van der Waals surface area contributed by atoms with E-state index in [4.69, 9.17) is 0 Å². The average molecular weight is 264 g/mol. The van der Waals surface area contributed by atoms with Crippen LogP contribution in [-0.2, 0) is 13.6 Å². The van der Waals surface area contributed by atoms with E-state index in [1.807, 2.05) is 7.05 Å². The normalized spacial score (nSPS) is 24.3. The Balaban J connectivity index is 1.79. The van der Waals surface area contributed by atoms with E-state index in [0.29, 0.717) is 12.6 Å². The molecule has 6 heteroatoms. The lowest BCUT2D eigenvalue weighted by atomic mass is 9.87. The Kier molecular flexibility index (Phi) is 4.76. The van der Waals surface area contributed by atoms with Gasteiger partial charge in [0.2, 0.25) is 0 Å². The number of nitrogens with zero attached hydrogens (tertiary/aromatic N) is 4. The maximum Gasteiger partial charge on any atom is 0.191 e. The lowest BCUT2D eigenvalue weighted by molar-refractivity contribution is 0.329. The van der Waals surface area contributed by atoms with Crippen LogP contribution in [0.1, 0.15) is 38.4 Å². The summed E-state index contributed by atoms with van der Waals surface area (Å²) < 4.78 is 1.77. The quantitative estimate of drug-likeness (QED) is 0.633. The second-order valence-corrected chi connectivity index (χ2v) is 5.33. The molecule has 106 valence electrons. The van der Waals surface area contributed by atoms with Gasteiger partial charge in [-0.05, 0) is 31.6 Å². The number of rotatable bonds is 3. The highest BCUT2D eigenvalue weighted by Gasteiger charge is 2.18. The second kappa shape index (κ2) is 6.54. The minimum Gasteiger partial charge on any atom is -0.354 e. The van der Waals surface area contributed by atoms with Crippen LogP contribution in [0.5, 0.6) is 0 Å². The van der Waals surface area contributed by atoms with Crippen molar-refractivity contribution in [3.8, 4) is 0 Å². The summed E-state index contributed by atoms with van der Waals surface area (Å²) in [5, 5.41) is 10.8. The van der Waals surface area contributed by atoms with Gasteiger partial charge in [0.1, 0.15) is 12.2 Å². The fraction of sp³-hybridized carbons (Fsp3) is 0.769. The molecule has 2 rings (SSSR count). The third kappa shape index (κ3) is 3.94. The van der Waals surface area contributed by atoms with Crippen LogP contribution in [0.4, 0.5) is 0 Å². The number of aliphatic imine (C=N–C) groups is 1. The van der Waals surface area contributed by atoms with Gasteiger partial charge in [0.15, 0.2) is 5.96 Å². The van der Waals surface area contributed by atoms with Crippen molar-refractivity contribution >= 4 is 5.96 Å². The number of nitrogens with one attached hydrogen (secondary N) is 2. The average Bonchev–Trinajstić information content (AvgIpc) is 2.82. The summed E-state index contributed by atoms with van der Waals surface area (Å²) in [6.07, 6.45) is 6.63. The van der Waals surface area contributed by atoms with Crippen molar-refractivity contribution in [1.29, 1.82) is 0 Å². The Morgan fingerprint density at radius 1 is 1.42 bits per heavy atom. The van der Waals surface area contributed by atoms with Gasteiger partial charge in [0.25, 0.3) is 0 Å². The third-order valence-corrected chi connectivity index (χ3v) is 3.80. The monoisotopic (exact) mass is 264 g/mol. The molecule has 1 heterocycles. The minimum absolute atomic E-state index is 0.543. The van der Waals surface area contributed by atoms with Gasteiger partial charge in [-0.3, -0.25) is 9.67 Å². The molecular formula is C13H24N6. The second-order valence-electron chi connectivity index (χ2n) is 5.33. The summed E-state index contributed by atoms with van der Waals surface area (Å²) in [5.74, 6) is 2.62. The molecule has 0 aliphatic heterocycles. The highest BCUT2D eigenvalue weighted by molar-refractivity contribution is 5.79. The fourth-order valence-electron chi connectivity index (χ4n) is 2.44. The molecule has 0 amide bonds. The number of hydrogen-bond acceptors (Lipinski definition) is 3. The maximum atomic E-state index is 4.27. The van der Waals surface area contributed by atoms with Gasteiger partial charge in [-0.15, -0.1) is 0 Å². The SMILES string of the molecule is CN=C(NCc1ncnn1C)NC1CCC(C)CC1. The molecule has 0 unspecified atom stereocenters. The van der Waals surface area contributed by atoms with Crippen LogP contribution < -0.4 is 10.6 Å². The van der Waals surface area contributed by atoms with Gasteiger partial charge in [-0.25, -0.2) is 4.98 Å². The van der Waals surface area contributed by atoms with Crippen LogP contribution >= 0.6 is 0 Å². The first-order chi connectivity index (χ1) is 9.19. The van der Waals surface area contributed by atoms with Crippen LogP contribution in [0.3, 0.4) is 0 Å². The summed E-state index contributed by atoms with van der Waals surface area (Å²) in [6.45, 7) is 2.97. The van der Waals surface area contributed by atoms with Crippen molar-refractivity contribution < 1.29 is 0 Å². The van der Waals surface area contributed by atoms with Crippen molar-refractivity contribution in [3.63, 3.8) is 0 Å². The van der Waals surface area contributed by atoms with E-state index >= 15 is 0 Å². The van der Waals surface area contributed by atoms with Gasteiger partial charge in [0.05, 0.1) is 6.54 Å². The Bertz CT molecular complexity index is 417. The zero-order valence-electron chi connectivity index (χ0n) is 12.1. The van der Waals surface area contributed by atoms with Crippen molar-refractivity contribution in [2.45, 2.75) is 45.2 Å². The largest absolute Gasteiger partial charge is 0.354 e. The topological polar surface area (TPSA) is 67.1 Å². The van der Waals surface area contributed by atoms with E-state index in [-0.39, 0.29) is 0 Å². The van der Waals surface area contributed by atoms with Gasteiger partial charge >= 0.3 is 0 Å². The summed E-state index contributed by atoms with van der Waals surface area (Å²) in [6, 6.07) is 0.543. The highest BCUT2D eigenvalue weighted by Crippen LogP contribution is 2.23. The zero-order chi connectivity index (χ0) is 13.7. The number of aromatic nitrogens is 3. The van der Waals surface area contributed by atoms with E-state index < -0.39 is 0 Å². The first kappa shape index (κ1) is 13.8. The van der Waals surface area contributed by atoms with Crippen molar-refractivity contribution in [1.82, 2.24) is 25.4 Å².